The molecule has 2 aromatic heterocycles. The van der Waals surface area contributed by atoms with Crippen LogP contribution in [0.4, 0.5) is 0 Å². The molecule has 1 aromatic carbocycles. The lowest BCUT2D eigenvalue weighted by Crippen LogP contribution is -2.13. The molecule has 0 saturated carbocycles. The minimum absolute atomic E-state index is 0.251. The lowest BCUT2D eigenvalue weighted by molar-refractivity contribution is 0.827. The molecule has 0 aliphatic carbocycles. The van der Waals surface area contributed by atoms with Crippen LogP contribution in [0.15, 0.2) is 55.2 Å². The molecule has 18 heavy (non-hydrogen) atoms. The molecular weight excluding hydrogens is 224 g/mol. The second-order valence-electron chi connectivity index (χ2n) is 4.06. The van der Waals surface area contributed by atoms with Crippen molar-refractivity contribution in [1.82, 2.24) is 15.0 Å². The number of rotatable bonds is 2. The van der Waals surface area contributed by atoms with Crippen molar-refractivity contribution in [2.75, 3.05) is 0 Å². The van der Waals surface area contributed by atoms with Gasteiger partial charge in [0.1, 0.15) is 6.33 Å². The number of pyridine rings is 1. The molecule has 2 heterocycles. The van der Waals surface area contributed by atoms with Crippen LogP contribution in [-0.4, -0.2) is 15.0 Å². The first-order chi connectivity index (χ1) is 8.86. The molecule has 0 radical (unpaired) electrons. The number of nitrogens with zero attached hydrogens (tertiary/aromatic N) is 3. The number of hydrogen-bond donors (Lipinski definition) is 1. The second kappa shape index (κ2) is 4.50. The summed E-state index contributed by atoms with van der Waals surface area (Å²) < 4.78 is 0. The van der Waals surface area contributed by atoms with Gasteiger partial charge in [-0.05, 0) is 23.1 Å². The molecule has 0 bridgehead atoms. The van der Waals surface area contributed by atoms with Crippen LogP contribution in [0.2, 0.25) is 0 Å². The van der Waals surface area contributed by atoms with Gasteiger partial charge in [0.25, 0.3) is 0 Å². The first kappa shape index (κ1) is 10.8. The first-order valence-corrected chi connectivity index (χ1v) is 5.70. The molecule has 0 spiro atoms. The third-order valence-electron chi connectivity index (χ3n) is 2.97. The van der Waals surface area contributed by atoms with E-state index in [0.29, 0.717) is 0 Å². The van der Waals surface area contributed by atoms with Crippen molar-refractivity contribution in [3.05, 3.63) is 66.5 Å². The summed E-state index contributed by atoms with van der Waals surface area (Å²) >= 11 is 0. The van der Waals surface area contributed by atoms with E-state index in [2.05, 4.69) is 15.0 Å². The minimum atomic E-state index is -0.251. The lowest BCUT2D eigenvalue weighted by Gasteiger charge is -2.13. The molecular formula is C14H12N4. The van der Waals surface area contributed by atoms with Crippen LogP contribution < -0.4 is 5.73 Å². The summed E-state index contributed by atoms with van der Waals surface area (Å²) in [5.74, 6) is 0. The van der Waals surface area contributed by atoms with E-state index in [1.165, 1.54) is 6.33 Å². The number of hydrogen-bond acceptors (Lipinski definition) is 4. The zero-order valence-corrected chi connectivity index (χ0v) is 9.69. The van der Waals surface area contributed by atoms with Gasteiger partial charge in [-0.1, -0.05) is 18.2 Å². The van der Waals surface area contributed by atoms with Gasteiger partial charge in [-0.3, -0.25) is 4.98 Å². The molecule has 3 rings (SSSR count). The fraction of sp³-hybridized carbons (Fsp3) is 0.0714. The Bertz CT molecular complexity index is 661. The van der Waals surface area contributed by atoms with Gasteiger partial charge in [0.2, 0.25) is 0 Å². The summed E-state index contributed by atoms with van der Waals surface area (Å²) in [5, 5.41) is 2.19. The number of fused-ring (bicyclic) bond motifs is 1. The summed E-state index contributed by atoms with van der Waals surface area (Å²) in [5.41, 5.74) is 8.14. The van der Waals surface area contributed by atoms with Crippen LogP contribution in [0.25, 0.3) is 10.8 Å². The fourth-order valence-electron chi connectivity index (χ4n) is 2.06. The lowest BCUT2D eigenvalue weighted by atomic mass is 9.98. The van der Waals surface area contributed by atoms with Crippen LogP contribution in [0.3, 0.4) is 0 Å². The normalized spacial score (nSPS) is 12.5. The summed E-state index contributed by atoms with van der Waals surface area (Å²) in [7, 11) is 0. The zero-order chi connectivity index (χ0) is 12.4. The molecule has 2 N–H and O–H groups in total. The monoisotopic (exact) mass is 236 g/mol. The predicted octanol–water partition coefficient (Wildman–Crippen LogP) is 2.07. The van der Waals surface area contributed by atoms with Crippen LogP contribution in [0, 0.1) is 0 Å². The van der Waals surface area contributed by atoms with Crippen molar-refractivity contribution in [3.8, 4) is 0 Å². The van der Waals surface area contributed by atoms with Crippen molar-refractivity contribution in [2.24, 2.45) is 5.73 Å². The second-order valence-corrected chi connectivity index (χ2v) is 4.06. The average Bonchev–Trinajstić information content (AvgIpc) is 2.47. The first-order valence-electron chi connectivity index (χ1n) is 5.70. The van der Waals surface area contributed by atoms with E-state index >= 15 is 0 Å². The van der Waals surface area contributed by atoms with E-state index in [1.54, 1.807) is 12.4 Å². The maximum atomic E-state index is 6.27. The molecule has 4 nitrogen and oxygen atoms in total. The van der Waals surface area contributed by atoms with E-state index in [1.807, 2.05) is 36.5 Å². The Morgan fingerprint density at radius 3 is 2.72 bits per heavy atom. The fourth-order valence-corrected chi connectivity index (χ4v) is 2.06. The zero-order valence-electron chi connectivity index (χ0n) is 9.69. The Kier molecular flexibility index (Phi) is 2.70. The maximum absolute atomic E-state index is 6.27. The van der Waals surface area contributed by atoms with E-state index in [-0.39, 0.29) is 6.04 Å². The summed E-state index contributed by atoms with van der Waals surface area (Å²) in [4.78, 5) is 12.2. The van der Waals surface area contributed by atoms with Crippen molar-refractivity contribution < 1.29 is 0 Å². The third kappa shape index (κ3) is 1.83. The molecule has 4 heteroatoms. The topological polar surface area (TPSA) is 64.7 Å². The summed E-state index contributed by atoms with van der Waals surface area (Å²) in [6.07, 6.45) is 6.83. The SMILES string of the molecule is NC(c1ccncn1)c1cccc2cnccc12. The molecule has 1 unspecified atom stereocenters. The molecule has 1 atom stereocenters. The standard InChI is InChI=1S/C14H12N4/c15-14(13-5-7-17-9-18-13)12-3-1-2-10-8-16-6-4-11(10)12/h1-9,14H,15H2. The van der Waals surface area contributed by atoms with Crippen molar-refractivity contribution in [1.29, 1.82) is 0 Å². The Morgan fingerprint density at radius 2 is 1.89 bits per heavy atom. The highest BCUT2D eigenvalue weighted by atomic mass is 14.8. The van der Waals surface area contributed by atoms with Gasteiger partial charge in [-0.15, -0.1) is 0 Å². The van der Waals surface area contributed by atoms with Gasteiger partial charge in [-0.25, -0.2) is 9.97 Å². The highest BCUT2D eigenvalue weighted by molar-refractivity contribution is 5.85. The molecule has 0 fully saturated rings. The number of aromatic nitrogens is 3. The van der Waals surface area contributed by atoms with Gasteiger partial charge in [0.05, 0.1) is 11.7 Å². The van der Waals surface area contributed by atoms with Crippen LogP contribution in [0.5, 0.6) is 0 Å². The van der Waals surface area contributed by atoms with Gasteiger partial charge < -0.3 is 5.73 Å². The van der Waals surface area contributed by atoms with E-state index < -0.39 is 0 Å². The Morgan fingerprint density at radius 1 is 1.00 bits per heavy atom. The Balaban J connectivity index is 2.15. The Hall–Kier alpha value is -2.33. The van der Waals surface area contributed by atoms with Crippen LogP contribution in [0.1, 0.15) is 17.3 Å². The van der Waals surface area contributed by atoms with Gasteiger partial charge in [-0.2, -0.15) is 0 Å². The minimum Gasteiger partial charge on any atom is -0.319 e. The highest BCUT2D eigenvalue weighted by Crippen LogP contribution is 2.25. The number of benzene rings is 1. The predicted molar refractivity (Wildman–Crippen MR) is 69.8 cm³/mol. The third-order valence-corrected chi connectivity index (χ3v) is 2.97. The van der Waals surface area contributed by atoms with Crippen molar-refractivity contribution in [3.63, 3.8) is 0 Å². The number of nitrogens with two attached hydrogens (primary N) is 1. The summed E-state index contributed by atoms with van der Waals surface area (Å²) in [6.45, 7) is 0. The van der Waals surface area contributed by atoms with Crippen LogP contribution >= 0.6 is 0 Å². The van der Waals surface area contributed by atoms with Gasteiger partial charge in [0.15, 0.2) is 0 Å². The molecule has 0 saturated heterocycles. The van der Waals surface area contributed by atoms with E-state index in [0.717, 1.165) is 22.0 Å². The van der Waals surface area contributed by atoms with Crippen molar-refractivity contribution in [2.45, 2.75) is 6.04 Å². The maximum Gasteiger partial charge on any atom is 0.115 e. The molecule has 3 aromatic rings. The quantitative estimate of drug-likeness (QED) is 0.739. The van der Waals surface area contributed by atoms with E-state index in [9.17, 15) is 0 Å². The van der Waals surface area contributed by atoms with Gasteiger partial charge in [0, 0.05) is 24.0 Å². The summed E-state index contributed by atoms with van der Waals surface area (Å²) in [6, 6.07) is 9.60. The van der Waals surface area contributed by atoms with Crippen molar-refractivity contribution >= 4 is 10.8 Å². The highest BCUT2D eigenvalue weighted by Gasteiger charge is 2.12. The average molecular weight is 236 g/mol. The Labute approximate surface area is 105 Å². The molecule has 0 amide bonds. The molecule has 0 aliphatic heterocycles. The largest absolute Gasteiger partial charge is 0.319 e. The van der Waals surface area contributed by atoms with Crippen LogP contribution in [-0.2, 0) is 0 Å². The molecule has 0 aliphatic rings. The smallest absolute Gasteiger partial charge is 0.115 e. The van der Waals surface area contributed by atoms with Gasteiger partial charge >= 0.3 is 0 Å². The molecule has 88 valence electrons. The van der Waals surface area contributed by atoms with E-state index in [4.69, 9.17) is 5.73 Å².